The number of nitrogens with zero attached hydrogens (tertiary/aromatic N) is 1. The maximum Gasteiger partial charge on any atom is 0.412 e. The molecule has 5 aromatic rings. The number of fused-ring (bicyclic) bond motifs is 1. The zero-order chi connectivity index (χ0) is 30.9. The highest BCUT2D eigenvalue weighted by Crippen LogP contribution is 2.38. The summed E-state index contributed by atoms with van der Waals surface area (Å²) in [6.07, 6.45) is 0.922. The molecule has 1 aromatic heterocycles. The van der Waals surface area contributed by atoms with Crippen LogP contribution in [0.2, 0.25) is 0 Å². The Balaban J connectivity index is 1.31. The van der Waals surface area contributed by atoms with Crippen LogP contribution in [0.15, 0.2) is 97.2 Å². The van der Waals surface area contributed by atoms with E-state index in [4.69, 9.17) is 24.7 Å². The Hall–Kier alpha value is -5.97. The lowest BCUT2D eigenvalue weighted by molar-refractivity contribution is -0.122. The number of carbonyl (C=O) groups excluding carboxylic acids is 2. The molecule has 0 aliphatic carbocycles. The minimum Gasteiger partial charge on any atom is -0.495 e. The molecule has 0 spiro atoms. The van der Waals surface area contributed by atoms with E-state index in [2.05, 4.69) is 20.9 Å². The highest BCUT2D eigenvalue weighted by Gasteiger charge is 2.15. The summed E-state index contributed by atoms with van der Waals surface area (Å²) in [7, 11) is 3.05. The minimum atomic E-state index is -0.622. The van der Waals surface area contributed by atoms with Gasteiger partial charge in [0, 0.05) is 18.1 Å². The molecule has 1 heterocycles. The molecule has 11 nitrogen and oxygen atoms in total. The standard InChI is InChI=1S/C33H31N5O6/c1-35-31(39)20-42-28-10-6-7-11-29(28)44-23-14-12-22(13-15-23)37-32-24-16-30(41-2)27(17-26(24)36-18-25(32)34)38-33(40)43-19-21-8-4-3-5-9-21/h3-18H,19-20,34H2,1-2H3,(H,35,39)(H,36,37)(H,38,40). The number of ether oxygens (including phenoxy) is 4. The number of methoxy groups -OCH3 is 1. The van der Waals surface area contributed by atoms with Crippen LogP contribution in [-0.2, 0) is 16.1 Å². The van der Waals surface area contributed by atoms with Gasteiger partial charge in [-0.3, -0.25) is 15.1 Å². The number of carbonyl (C=O) groups is 2. The number of benzene rings is 4. The fraction of sp³-hybridized carbons (Fsp3) is 0.121. The fourth-order valence-corrected chi connectivity index (χ4v) is 4.26. The number of pyridine rings is 1. The molecule has 5 N–H and O–H groups in total. The van der Waals surface area contributed by atoms with Crippen LogP contribution in [0.5, 0.6) is 23.0 Å². The van der Waals surface area contributed by atoms with Gasteiger partial charge < -0.3 is 35.3 Å². The predicted octanol–water partition coefficient (Wildman–Crippen LogP) is 6.24. The van der Waals surface area contributed by atoms with Crippen LogP contribution in [0.3, 0.4) is 0 Å². The molecule has 11 heteroatoms. The number of likely N-dealkylation sites (N-methyl/N-ethyl adjacent to an activating group) is 1. The molecule has 0 atom stereocenters. The van der Waals surface area contributed by atoms with Gasteiger partial charge in [0.15, 0.2) is 18.1 Å². The summed E-state index contributed by atoms with van der Waals surface area (Å²) >= 11 is 0. The maximum atomic E-state index is 12.5. The van der Waals surface area contributed by atoms with Gasteiger partial charge in [-0.1, -0.05) is 42.5 Å². The van der Waals surface area contributed by atoms with Crippen molar-refractivity contribution in [3.8, 4) is 23.0 Å². The Labute approximate surface area is 253 Å². The van der Waals surface area contributed by atoms with Gasteiger partial charge in [0.2, 0.25) is 0 Å². The Morgan fingerprint density at radius 3 is 2.34 bits per heavy atom. The zero-order valence-electron chi connectivity index (χ0n) is 24.1. The number of nitrogen functional groups attached to an aromatic ring is 1. The Bertz CT molecular complexity index is 1760. The topological polar surface area (TPSA) is 146 Å². The van der Waals surface area contributed by atoms with Crippen molar-refractivity contribution in [3.05, 3.63) is 103 Å². The van der Waals surface area contributed by atoms with Gasteiger partial charge in [0.05, 0.1) is 35.9 Å². The fourth-order valence-electron chi connectivity index (χ4n) is 4.26. The van der Waals surface area contributed by atoms with E-state index in [1.54, 1.807) is 55.7 Å². The summed E-state index contributed by atoms with van der Waals surface area (Å²) in [5.74, 6) is 1.65. The molecular weight excluding hydrogens is 562 g/mol. The van der Waals surface area contributed by atoms with Crippen LogP contribution in [0.1, 0.15) is 5.56 Å². The third kappa shape index (κ3) is 7.26. The zero-order valence-corrected chi connectivity index (χ0v) is 24.1. The average molecular weight is 594 g/mol. The highest BCUT2D eigenvalue weighted by atomic mass is 16.5. The van der Waals surface area contributed by atoms with Crippen LogP contribution >= 0.6 is 0 Å². The lowest BCUT2D eigenvalue weighted by atomic mass is 10.1. The van der Waals surface area contributed by atoms with Gasteiger partial charge in [-0.05, 0) is 54.1 Å². The summed E-state index contributed by atoms with van der Waals surface area (Å²) in [4.78, 5) is 28.5. The molecule has 224 valence electrons. The monoisotopic (exact) mass is 593 g/mol. The number of hydrogen-bond acceptors (Lipinski definition) is 9. The summed E-state index contributed by atoms with van der Waals surface area (Å²) in [5, 5.41) is 9.29. The molecule has 0 unspecified atom stereocenters. The molecule has 0 radical (unpaired) electrons. The number of amides is 2. The van der Waals surface area contributed by atoms with Crippen LogP contribution in [0.25, 0.3) is 10.9 Å². The quantitative estimate of drug-likeness (QED) is 0.140. The number of para-hydroxylation sites is 2. The molecule has 5 rings (SSSR count). The largest absolute Gasteiger partial charge is 0.495 e. The van der Waals surface area contributed by atoms with Crippen molar-refractivity contribution in [2.45, 2.75) is 6.61 Å². The van der Waals surface area contributed by atoms with Crippen molar-refractivity contribution in [2.75, 3.05) is 37.1 Å². The molecule has 44 heavy (non-hydrogen) atoms. The first-order chi connectivity index (χ1) is 21.4. The lowest BCUT2D eigenvalue weighted by Crippen LogP contribution is -2.24. The van der Waals surface area contributed by atoms with E-state index in [1.807, 2.05) is 48.5 Å². The van der Waals surface area contributed by atoms with E-state index in [0.29, 0.717) is 51.0 Å². The summed E-state index contributed by atoms with van der Waals surface area (Å²) in [5.41, 5.74) is 9.96. The van der Waals surface area contributed by atoms with Crippen molar-refractivity contribution in [3.63, 3.8) is 0 Å². The molecular formula is C33H31N5O6. The van der Waals surface area contributed by atoms with E-state index in [9.17, 15) is 9.59 Å². The first-order valence-corrected chi connectivity index (χ1v) is 13.6. The second-order valence-electron chi connectivity index (χ2n) is 9.50. The third-order valence-corrected chi connectivity index (χ3v) is 6.51. The van der Waals surface area contributed by atoms with E-state index in [0.717, 1.165) is 11.3 Å². The van der Waals surface area contributed by atoms with Crippen LogP contribution in [-0.4, -0.2) is 37.7 Å². The number of aromatic nitrogens is 1. The number of rotatable bonds is 11. The van der Waals surface area contributed by atoms with Gasteiger partial charge in [-0.2, -0.15) is 0 Å². The molecule has 2 amide bonds. The molecule has 4 aromatic carbocycles. The number of nitrogens with two attached hydrogens (primary N) is 1. The Morgan fingerprint density at radius 2 is 1.61 bits per heavy atom. The van der Waals surface area contributed by atoms with Crippen molar-refractivity contribution >= 4 is 45.7 Å². The van der Waals surface area contributed by atoms with Crippen LogP contribution < -0.4 is 35.9 Å². The number of hydrogen-bond donors (Lipinski definition) is 4. The third-order valence-electron chi connectivity index (χ3n) is 6.51. The van der Waals surface area contributed by atoms with Crippen molar-refractivity contribution < 1.29 is 28.5 Å². The predicted molar refractivity (Wildman–Crippen MR) is 169 cm³/mol. The Morgan fingerprint density at radius 1 is 0.886 bits per heavy atom. The smallest absolute Gasteiger partial charge is 0.412 e. The minimum absolute atomic E-state index is 0.123. The van der Waals surface area contributed by atoms with Gasteiger partial charge in [-0.15, -0.1) is 0 Å². The molecule has 0 aliphatic heterocycles. The Kier molecular flexibility index (Phi) is 9.26. The first-order valence-electron chi connectivity index (χ1n) is 13.6. The average Bonchev–Trinajstić information content (AvgIpc) is 3.05. The van der Waals surface area contributed by atoms with Crippen molar-refractivity contribution in [1.82, 2.24) is 10.3 Å². The summed E-state index contributed by atoms with van der Waals surface area (Å²) < 4.78 is 22.5. The molecule has 0 saturated heterocycles. The first kappa shape index (κ1) is 29.5. The summed E-state index contributed by atoms with van der Waals surface area (Å²) in [6, 6.07) is 27.2. The second-order valence-corrected chi connectivity index (χ2v) is 9.50. The SMILES string of the molecule is CNC(=O)COc1ccccc1Oc1ccc(Nc2c(N)cnc3cc(NC(=O)OCc4ccccc4)c(OC)cc23)cc1. The van der Waals surface area contributed by atoms with Crippen LogP contribution in [0.4, 0.5) is 27.5 Å². The van der Waals surface area contributed by atoms with Gasteiger partial charge >= 0.3 is 6.09 Å². The van der Waals surface area contributed by atoms with Gasteiger partial charge in [0.25, 0.3) is 5.91 Å². The molecule has 0 saturated carbocycles. The second kappa shape index (κ2) is 13.8. The number of nitrogens with one attached hydrogen (secondary N) is 3. The number of anilines is 4. The maximum absolute atomic E-state index is 12.5. The molecule has 0 bridgehead atoms. The van der Waals surface area contributed by atoms with E-state index in [-0.39, 0.29) is 19.1 Å². The van der Waals surface area contributed by atoms with Gasteiger partial charge in [0.1, 0.15) is 18.1 Å². The van der Waals surface area contributed by atoms with E-state index in [1.165, 1.54) is 7.11 Å². The molecule has 0 aliphatic rings. The van der Waals surface area contributed by atoms with Crippen molar-refractivity contribution in [1.29, 1.82) is 0 Å². The summed E-state index contributed by atoms with van der Waals surface area (Å²) in [6.45, 7) is 0.00888. The normalized spacial score (nSPS) is 10.5. The van der Waals surface area contributed by atoms with Crippen LogP contribution in [0, 0.1) is 0 Å². The van der Waals surface area contributed by atoms with Gasteiger partial charge in [-0.25, -0.2) is 4.79 Å². The lowest BCUT2D eigenvalue weighted by Gasteiger charge is -2.16. The van der Waals surface area contributed by atoms with E-state index >= 15 is 0 Å². The van der Waals surface area contributed by atoms with E-state index < -0.39 is 6.09 Å². The highest BCUT2D eigenvalue weighted by molar-refractivity contribution is 6.02. The van der Waals surface area contributed by atoms with Crippen molar-refractivity contribution in [2.24, 2.45) is 0 Å². The molecule has 0 fully saturated rings.